The van der Waals surface area contributed by atoms with Crippen molar-refractivity contribution in [1.82, 2.24) is 25.0 Å². The van der Waals surface area contributed by atoms with Crippen LogP contribution in [0.3, 0.4) is 0 Å². The number of nitrogens with zero attached hydrogens (tertiary/aromatic N) is 4. The molecule has 2 N–H and O–H groups in total. The molecule has 2 aromatic heterocycles. The number of hydrogen-bond acceptors (Lipinski definition) is 4. The molecule has 2 heterocycles. The third-order valence-electron chi connectivity index (χ3n) is 3.53. The first-order chi connectivity index (χ1) is 11.2. The van der Waals surface area contributed by atoms with Crippen molar-refractivity contribution < 1.29 is 9.50 Å². The Hall–Kier alpha value is -2.54. The molecule has 0 aliphatic carbocycles. The van der Waals surface area contributed by atoms with Gasteiger partial charge in [0.05, 0.1) is 5.69 Å². The summed E-state index contributed by atoms with van der Waals surface area (Å²) in [4.78, 5) is 4.49. The normalized spacial score (nSPS) is 11.1. The third kappa shape index (κ3) is 3.14. The van der Waals surface area contributed by atoms with Gasteiger partial charge in [0.15, 0.2) is 11.6 Å². The largest absolute Gasteiger partial charge is 0.396 e. The average molecular weight is 315 g/mol. The lowest BCUT2D eigenvalue weighted by Gasteiger charge is -2.02. The summed E-state index contributed by atoms with van der Waals surface area (Å²) in [5.41, 5.74) is 1.63. The summed E-state index contributed by atoms with van der Waals surface area (Å²) in [6, 6.07) is 8.26. The van der Waals surface area contributed by atoms with E-state index in [9.17, 15) is 4.39 Å². The van der Waals surface area contributed by atoms with Crippen LogP contribution < -0.4 is 0 Å². The van der Waals surface area contributed by atoms with Crippen molar-refractivity contribution in [2.24, 2.45) is 0 Å². The van der Waals surface area contributed by atoms with E-state index < -0.39 is 0 Å². The molecule has 7 heteroatoms. The number of aromatic nitrogens is 5. The molecule has 0 fully saturated rings. The van der Waals surface area contributed by atoms with E-state index in [-0.39, 0.29) is 12.4 Å². The van der Waals surface area contributed by atoms with E-state index in [0.29, 0.717) is 42.2 Å². The number of aliphatic hydroxyl groups excluding tert-OH is 1. The number of rotatable bonds is 6. The topological polar surface area (TPSA) is 79.6 Å². The smallest absolute Gasteiger partial charge is 0.176 e. The molecule has 120 valence electrons. The predicted molar refractivity (Wildman–Crippen MR) is 84.1 cm³/mol. The summed E-state index contributed by atoms with van der Waals surface area (Å²) in [6.07, 6.45) is 1.31. The monoisotopic (exact) mass is 315 g/mol. The van der Waals surface area contributed by atoms with Crippen molar-refractivity contribution in [2.45, 2.75) is 26.3 Å². The SMILES string of the molecule is CCc1nc(-c2cc(-c3ccccc3F)n[nH]2)n(CCCO)n1. The summed E-state index contributed by atoms with van der Waals surface area (Å²) < 4.78 is 15.6. The molecule has 3 aromatic rings. The molecule has 0 unspecified atom stereocenters. The van der Waals surface area contributed by atoms with E-state index in [1.165, 1.54) is 6.07 Å². The summed E-state index contributed by atoms with van der Waals surface area (Å²) in [5.74, 6) is 1.05. The van der Waals surface area contributed by atoms with Gasteiger partial charge in [-0.2, -0.15) is 10.2 Å². The van der Waals surface area contributed by atoms with Gasteiger partial charge in [0.2, 0.25) is 0 Å². The van der Waals surface area contributed by atoms with Crippen LogP contribution in [0, 0.1) is 5.82 Å². The molecule has 23 heavy (non-hydrogen) atoms. The zero-order valence-corrected chi connectivity index (χ0v) is 12.8. The Morgan fingerprint density at radius 2 is 2.13 bits per heavy atom. The number of H-pyrrole nitrogens is 1. The molecule has 0 amide bonds. The third-order valence-corrected chi connectivity index (χ3v) is 3.53. The van der Waals surface area contributed by atoms with Gasteiger partial charge in [-0.25, -0.2) is 14.1 Å². The van der Waals surface area contributed by atoms with Crippen LogP contribution in [0.1, 0.15) is 19.2 Å². The van der Waals surface area contributed by atoms with Crippen molar-refractivity contribution in [3.05, 3.63) is 42.0 Å². The highest BCUT2D eigenvalue weighted by Crippen LogP contribution is 2.25. The van der Waals surface area contributed by atoms with Crippen LogP contribution in [-0.2, 0) is 13.0 Å². The molecule has 0 radical (unpaired) electrons. The Kier molecular flexibility index (Phi) is 4.47. The van der Waals surface area contributed by atoms with Gasteiger partial charge in [0.1, 0.15) is 11.5 Å². The van der Waals surface area contributed by atoms with Crippen LogP contribution in [0.15, 0.2) is 30.3 Å². The summed E-state index contributed by atoms with van der Waals surface area (Å²) >= 11 is 0. The number of benzene rings is 1. The Balaban J connectivity index is 1.97. The second-order valence-electron chi connectivity index (χ2n) is 5.15. The minimum absolute atomic E-state index is 0.0875. The molecule has 6 nitrogen and oxygen atoms in total. The molecule has 3 rings (SSSR count). The van der Waals surface area contributed by atoms with Gasteiger partial charge in [-0.1, -0.05) is 19.1 Å². The van der Waals surface area contributed by atoms with Crippen LogP contribution in [0.4, 0.5) is 4.39 Å². The van der Waals surface area contributed by atoms with Gasteiger partial charge < -0.3 is 5.11 Å². The fourth-order valence-corrected chi connectivity index (χ4v) is 2.36. The van der Waals surface area contributed by atoms with Crippen LogP contribution in [0.25, 0.3) is 22.8 Å². The Morgan fingerprint density at radius 1 is 1.30 bits per heavy atom. The van der Waals surface area contributed by atoms with Gasteiger partial charge in [-0.15, -0.1) is 0 Å². The Morgan fingerprint density at radius 3 is 2.87 bits per heavy atom. The summed E-state index contributed by atoms with van der Waals surface area (Å²) in [7, 11) is 0. The molecule has 0 aliphatic heterocycles. The van der Waals surface area contributed by atoms with E-state index >= 15 is 0 Å². The average Bonchev–Trinajstić information content (AvgIpc) is 3.19. The van der Waals surface area contributed by atoms with Gasteiger partial charge in [0.25, 0.3) is 0 Å². The Labute approximate surface area is 133 Å². The number of aliphatic hydroxyl groups is 1. The van der Waals surface area contributed by atoms with Gasteiger partial charge in [-0.3, -0.25) is 5.10 Å². The first-order valence-corrected chi connectivity index (χ1v) is 7.58. The number of aryl methyl sites for hydroxylation is 2. The highest BCUT2D eigenvalue weighted by Gasteiger charge is 2.15. The zero-order chi connectivity index (χ0) is 16.2. The quantitative estimate of drug-likeness (QED) is 0.732. The van der Waals surface area contributed by atoms with Crippen molar-refractivity contribution in [2.75, 3.05) is 6.61 Å². The van der Waals surface area contributed by atoms with E-state index in [2.05, 4.69) is 20.3 Å². The molecule has 0 saturated heterocycles. The van der Waals surface area contributed by atoms with E-state index in [1.54, 1.807) is 28.9 Å². The zero-order valence-electron chi connectivity index (χ0n) is 12.8. The molecule has 0 saturated carbocycles. The summed E-state index contributed by atoms with van der Waals surface area (Å²) in [6.45, 7) is 2.63. The minimum Gasteiger partial charge on any atom is -0.396 e. The van der Waals surface area contributed by atoms with Gasteiger partial charge in [0, 0.05) is 25.1 Å². The Bertz CT molecular complexity index is 795. The van der Waals surface area contributed by atoms with Crippen LogP contribution in [0.2, 0.25) is 0 Å². The van der Waals surface area contributed by atoms with Gasteiger partial charge in [-0.05, 0) is 24.6 Å². The maximum atomic E-state index is 13.9. The van der Waals surface area contributed by atoms with Crippen molar-refractivity contribution in [3.63, 3.8) is 0 Å². The molecule has 1 aromatic carbocycles. The van der Waals surface area contributed by atoms with E-state index in [0.717, 1.165) is 5.82 Å². The first kappa shape index (κ1) is 15.4. The number of nitrogens with one attached hydrogen (secondary N) is 1. The van der Waals surface area contributed by atoms with E-state index in [4.69, 9.17) is 5.11 Å². The fraction of sp³-hybridized carbons (Fsp3) is 0.312. The second kappa shape index (κ2) is 6.70. The predicted octanol–water partition coefficient (Wildman–Crippen LogP) is 2.42. The molecular weight excluding hydrogens is 297 g/mol. The molecule has 0 atom stereocenters. The highest BCUT2D eigenvalue weighted by atomic mass is 19.1. The molecule has 0 bridgehead atoms. The van der Waals surface area contributed by atoms with Crippen LogP contribution in [-0.4, -0.2) is 36.7 Å². The molecular formula is C16H18FN5O. The first-order valence-electron chi connectivity index (χ1n) is 7.58. The second-order valence-corrected chi connectivity index (χ2v) is 5.15. The fourth-order valence-electron chi connectivity index (χ4n) is 2.36. The lowest BCUT2D eigenvalue weighted by molar-refractivity contribution is 0.277. The van der Waals surface area contributed by atoms with Crippen LogP contribution in [0.5, 0.6) is 0 Å². The maximum Gasteiger partial charge on any atom is 0.176 e. The highest BCUT2D eigenvalue weighted by molar-refractivity contribution is 5.65. The standard InChI is InChI=1S/C16H18FN5O/c1-2-15-18-16(22(21-15)8-5-9-23)14-10-13(19-20-14)11-6-3-4-7-12(11)17/h3-4,6-7,10,23H,2,5,8-9H2,1H3,(H,19,20). The van der Waals surface area contributed by atoms with Crippen molar-refractivity contribution >= 4 is 0 Å². The number of aromatic amines is 1. The van der Waals surface area contributed by atoms with Crippen LogP contribution >= 0.6 is 0 Å². The number of halogens is 1. The molecule has 0 aliphatic rings. The van der Waals surface area contributed by atoms with Crippen molar-refractivity contribution in [1.29, 1.82) is 0 Å². The van der Waals surface area contributed by atoms with Gasteiger partial charge >= 0.3 is 0 Å². The lowest BCUT2D eigenvalue weighted by atomic mass is 10.1. The summed E-state index contributed by atoms with van der Waals surface area (Å²) in [5, 5.41) is 20.5. The maximum absolute atomic E-state index is 13.9. The van der Waals surface area contributed by atoms with E-state index in [1.807, 2.05) is 6.92 Å². The number of hydrogen-bond donors (Lipinski definition) is 2. The minimum atomic E-state index is -0.318. The van der Waals surface area contributed by atoms with Crippen molar-refractivity contribution in [3.8, 4) is 22.8 Å². The molecule has 0 spiro atoms. The lowest BCUT2D eigenvalue weighted by Crippen LogP contribution is -2.04.